The topological polar surface area (TPSA) is 84.2 Å². The number of aromatic nitrogens is 1. The molecular formula is C18H15N3O3. The van der Waals surface area contributed by atoms with Crippen LogP contribution >= 0.6 is 0 Å². The number of carbonyl (C=O) groups is 2. The van der Waals surface area contributed by atoms with Crippen molar-refractivity contribution in [3.05, 3.63) is 84.1 Å². The van der Waals surface area contributed by atoms with Gasteiger partial charge in [0.25, 0.3) is 11.8 Å². The summed E-state index contributed by atoms with van der Waals surface area (Å²) in [6.07, 6.45) is 4.58. The van der Waals surface area contributed by atoms with Crippen LogP contribution in [0.2, 0.25) is 0 Å². The summed E-state index contributed by atoms with van der Waals surface area (Å²) in [5.74, 6) is -0.237. The van der Waals surface area contributed by atoms with E-state index >= 15 is 0 Å². The number of anilines is 1. The summed E-state index contributed by atoms with van der Waals surface area (Å²) in [7, 11) is 0. The monoisotopic (exact) mass is 321 g/mol. The molecule has 0 unspecified atom stereocenters. The van der Waals surface area contributed by atoms with Crippen LogP contribution in [0.15, 0.2) is 71.6 Å². The standard InChI is InChI=1S/C18H15N3O3/c22-17(14-3-1-9-19-12-14)20-11-13-5-7-15(8-6-13)21-18(23)16-4-2-10-24-16/h1-10,12H,11H2,(H,20,22)(H,21,23). The van der Waals surface area contributed by atoms with E-state index in [2.05, 4.69) is 15.6 Å². The fourth-order valence-corrected chi connectivity index (χ4v) is 2.09. The van der Waals surface area contributed by atoms with Crippen LogP contribution in [0.1, 0.15) is 26.5 Å². The molecule has 120 valence electrons. The van der Waals surface area contributed by atoms with Gasteiger partial charge in [0.05, 0.1) is 11.8 Å². The van der Waals surface area contributed by atoms with Crippen molar-refractivity contribution < 1.29 is 14.0 Å². The van der Waals surface area contributed by atoms with Crippen molar-refractivity contribution in [2.24, 2.45) is 0 Å². The summed E-state index contributed by atoms with van der Waals surface area (Å²) >= 11 is 0. The smallest absolute Gasteiger partial charge is 0.291 e. The molecule has 24 heavy (non-hydrogen) atoms. The summed E-state index contributed by atoms with van der Waals surface area (Å²) in [5, 5.41) is 5.55. The molecule has 0 aliphatic heterocycles. The molecule has 0 saturated heterocycles. The van der Waals surface area contributed by atoms with E-state index in [0.29, 0.717) is 17.8 Å². The highest BCUT2D eigenvalue weighted by atomic mass is 16.3. The van der Waals surface area contributed by atoms with Crippen LogP contribution in [0, 0.1) is 0 Å². The molecule has 2 heterocycles. The molecule has 3 aromatic rings. The van der Waals surface area contributed by atoms with Crippen molar-refractivity contribution >= 4 is 17.5 Å². The number of rotatable bonds is 5. The average molecular weight is 321 g/mol. The average Bonchev–Trinajstić information content (AvgIpc) is 3.16. The molecule has 0 fully saturated rings. The summed E-state index contributed by atoms with van der Waals surface area (Å²) in [6, 6.07) is 13.9. The van der Waals surface area contributed by atoms with Crippen LogP contribution in [0.3, 0.4) is 0 Å². The molecule has 0 aliphatic carbocycles. The quantitative estimate of drug-likeness (QED) is 0.757. The minimum absolute atomic E-state index is 0.182. The zero-order valence-electron chi connectivity index (χ0n) is 12.7. The third-order valence-corrected chi connectivity index (χ3v) is 3.33. The van der Waals surface area contributed by atoms with E-state index in [4.69, 9.17) is 4.42 Å². The number of pyridine rings is 1. The number of carbonyl (C=O) groups excluding carboxylic acids is 2. The lowest BCUT2D eigenvalue weighted by Gasteiger charge is -2.07. The zero-order valence-corrected chi connectivity index (χ0v) is 12.7. The largest absolute Gasteiger partial charge is 0.459 e. The third kappa shape index (κ3) is 3.86. The first-order valence-electron chi connectivity index (χ1n) is 7.34. The van der Waals surface area contributed by atoms with Crippen LogP contribution in [0.25, 0.3) is 0 Å². The second-order valence-corrected chi connectivity index (χ2v) is 5.05. The summed E-state index contributed by atoms with van der Waals surface area (Å²) < 4.78 is 5.03. The number of amides is 2. The minimum atomic E-state index is -0.308. The number of hydrogen-bond donors (Lipinski definition) is 2. The van der Waals surface area contributed by atoms with E-state index in [1.54, 1.807) is 42.6 Å². The van der Waals surface area contributed by atoms with Gasteiger partial charge in [-0.2, -0.15) is 0 Å². The van der Waals surface area contributed by atoms with Gasteiger partial charge in [-0.25, -0.2) is 0 Å². The third-order valence-electron chi connectivity index (χ3n) is 3.33. The number of nitrogens with one attached hydrogen (secondary N) is 2. The van der Waals surface area contributed by atoms with E-state index < -0.39 is 0 Å². The van der Waals surface area contributed by atoms with Crippen molar-refractivity contribution in [1.29, 1.82) is 0 Å². The second kappa shape index (κ2) is 7.23. The lowest BCUT2D eigenvalue weighted by molar-refractivity contribution is 0.0949. The summed E-state index contributed by atoms with van der Waals surface area (Å²) in [4.78, 5) is 27.7. The maximum atomic E-state index is 11.9. The van der Waals surface area contributed by atoms with Gasteiger partial charge in [0.2, 0.25) is 0 Å². The molecule has 0 radical (unpaired) electrons. The van der Waals surface area contributed by atoms with Crippen LogP contribution < -0.4 is 10.6 Å². The van der Waals surface area contributed by atoms with Crippen LogP contribution in [0.5, 0.6) is 0 Å². The van der Waals surface area contributed by atoms with Gasteiger partial charge in [-0.1, -0.05) is 12.1 Å². The molecule has 0 spiro atoms. The summed E-state index contributed by atoms with van der Waals surface area (Å²) in [6.45, 7) is 0.389. The van der Waals surface area contributed by atoms with Gasteiger partial charge in [-0.3, -0.25) is 14.6 Å². The molecule has 0 aliphatic rings. The van der Waals surface area contributed by atoms with Crippen molar-refractivity contribution in [2.75, 3.05) is 5.32 Å². The Morgan fingerprint density at radius 1 is 1.00 bits per heavy atom. The SMILES string of the molecule is O=C(NCc1ccc(NC(=O)c2ccco2)cc1)c1cccnc1. The van der Waals surface area contributed by atoms with E-state index in [0.717, 1.165) is 5.56 Å². The molecule has 1 aromatic carbocycles. The van der Waals surface area contributed by atoms with Crippen molar-refractivity contribution in [3.8, 4) is 0 Å². The Hall–Kier alpha value is -3.41. The summed E-state index contributed by atoms with van der Waals surface area (Å²) in [5.41, 5.74) is 2.09. The van der Waals surface area contributed by atoms with Gasteiger partial charge in [0, 0.05) is 24.6 Å². The Morgan fingerprint density at radius 3 is 2.50 bits per heavy atom. The van der Waals surface area contributed by atoms with E-state index in [-0.39, 0.29) is 17.6 Å². The first-order chi connectivity index (χ1) is 11.7. The molecule has 0 saturated carbocycles. The van der Waals surface area contributed by atoms with Gasteiger partial charge in [-0.05, 0) is 42.0 Å². The highest BCUT2D eigenvalue weighted by Gasteiger charge is 2.09. The first-order valence-corrected chi connectivity index (χ1v) is 7.34. The fraction of sp³-hybridized carbons (Fsp3) is 0.0556. The normalized spacial score (nSPS) is 10.2. The van der Waals surface area contributed by atoms with Crippen molar-refractivity contribution in [2.45, 2.75) is 6.54 Å². The number of benzene rings is 1. The van der Waals surface area contributed by atoms with Gasteiger partial charge < -0.3 is 15.1 Å². The molecule has 6 nitrogen and oxygen atoms in total. The molecule has 6 heteroatoms. The molecular weight excluding hydrogens is 306 g/mol. The molecule has 2 amide bonds. The Morgan fingerprint density at radius 2 is 1.83 bits per heavy atom. The number of nitrogens with zero attached hydrogens (tertiary/aromatic N) is 1. The van der Waals surface area contributed by atoms with E-state index in [1.807, 2.05) is 12.1 Å². The Kier molecular flexibility index (Phi) is 4.67. The van der Waals surface area contributed by atoms with Crippen molar-refractivity contribution in [1.82, 2.24) is 10.3 Å². The van der Waals surface area contributed by atoms with Gasteiger partial charge >= 0.3 is 0 Å². The molecule has 0 bridgehead atoms. The Labute approximate surface area is 138 Å². The number of furan rings is 1. The van der Waals surface area contributed by atoms with Gasteiger partial charge in [0.1, 0.15) is 0 Å². The molecule has 2 N–H and O–H groups in total. The van der Waals surface area contributed by atoms with Gasteiger partial charge in [-0.15, -0.1) is 0 Å². The lowest BCUT2D eigenvalue weighted by atomic mass is 10.2. The first kappa shape index (κ1) is 15.5. The predicted octanol–water partition coefficient (Wildman–Crippen LogP) is 2.86. The van der Waals surface area contributed by atoms with E-state index in [9.17, 15) is 9.59 Å². The van der Waals surface area contributed by atoms with Crippen molar-refractivity contribution in [3.63, 3.8) is 0 Å². The zero-order chi connectivity index (χ0) is 16.8. The molecule has 2 aromatic heterocycles. The second-order valence-electron chi connectivity index (χ2n) is 5.05. The van der Waals surface area contributed by atoms with Crippen LogP contribution in [-0.2, 0) is 6.54 Å². The predicted molar refractivity (Wildman–Crippen MR) is 88.5 cm³/mol. The Balaban J connectivity index is 1.55. The van der Waals surface area contributed by atoms with E-state index in [1.165, 1.54) is 12.5 Å². The van der Waals surface area contributed by atoms with Crippen LogP contribution in [0.4, 0.5) is 5.69 Å². The van der Waals surface area contributed by atoms with Gasteiger partial charge in [0.15, 0.2) is 5.76 Å². The highest BCUT2D eigenvalue weighted by molar-refractivity contribution is 6.02. The highest BCUT2D eigenvalue weighted by Crippen LogP contribution is 2.12. The Bertz CT molecular complexity index is 812. The fourth-order valence-electron chi connectivity index (χ4n) is 2.09. The molecule has 0 atom stereocenters. The minimum Gasteiger partial charge on any atom is -0.459 e. The lowest BCUT2D eigenvalue weighted by Crippen LogP contribution is -2.22. The maximum Gasteiger partial charge on any atom is 0.291 e. The molecule has 3 rings (SSSR count). The maximum absolute atomic E-state index is 11.9. The van der Waals surface area contributed by atoms with Crippen LogP contribution in [-0.4, -0.2) is 16.8 Å². The number of hydrogen-bond acceptors (Lipinski definition) is 4.